The second-order valence-corrected chi connectivity index (χ2v) is 8.88. The molecular formula is C20H28N5S2+. The Kier molecular flexibility index (Phi) is 6.00. The van der Waals surface area contributed by atoms with Gasteiger partial charge in [0.2, 0.25) is 4.77 Å². The number of hydrogen-bond acceptors (Lipinski definition) is 4. The Hall–Kier alpha value is -1.57. The van der Waals surface area contributed by atoms with Crippen molar-refractivity contribution in [2.75, 3.05) is 6.54 Å². The minimum atomic E-state index is 0.447. The summed E-state index contributed by atoms with van der Waals surface area (Å²) in [4.78, 5) is 6.48. The fraction of sp³-hybridized carbons (Fsp3) is 0.550. The SMILES string of the molecule is CCCCCn1cnn(C[NH+]2CCCC[C@H]2c2nc3ccccc3s2)c1=S. The van der Waals surface area contributed by atoms with Crippen molar-refractivity contribution in [1.29, 1.82) is 0 Å². The molecule has 3 heterocycles. The number of likely N-dealkylation sites (tertiary alicyclic amines) is 1. The molecule has 0 spiro atoms. The van der Waals surface area contributed by atoms with Gasteiger partial charge in [-0.3, -0.25) is 0 Å². The normalized spacial score (nSPS) is 20.3. The van der Waals surface area contributed by atoms with Crippen LogP contribution in [0.1, 0.15) is 56.5 Å². The second-order valence-electron chi connectivity index (χ2n) is 7.45. The van der Waals surface area contributed by atoms with Crippen molar-refractivity contribution in [3.63, 3.8) is 0 Å². The maximum absolute atomic E-state index is 5.69. The van der Waals surface area contributed by atoms with Crippen molar-refractivity contribution in [1.82, 2.24) is 19.3 Å². The molecule has 7 heteroatoms. The molecule has 2 atom stereocenters. The van der Waals surface area contributed by atoms with E-state index in [1.54, 1.807) is 0 Å². The van der Waals surface area contributed by atoms with Crippen LogP contribution in [0.2, 0.25) is 0 Å². The number of nitrogens with zero attached hydrogens (tertiary/aromatic N) is 4. The number of quaternary nitrogens is 1. The summed E-state index contributed by atoms with van der Waals surface area (Å²) in [6.07, 6.45) is 9.28. The molecule has 0 radical (unpaired) electrons. The van der Waals surface area contributed by atoms with Crippen molar-refractivity contribution in [3.05, 3.63) is 40.4 Å². The Morgan fingerprint density at radius 1 is 1.26 bits per heavy atom. The average molecular weight is 403 g/mol. The Balaban J connectivity index is 1.52. The van der Waals surface area contributed by atoms with Crippen LogP contribution in [0.5, 0.6) is 0 Å². The molecular weight excluding hydrogens is 374 g/mol. The van der Waals surface area contributed by atoms with Gasteiger partial charge in [-0.15, -0.1) is 11.3 Å². The van der Waals surface area contributed by atoms with E-state index >= 15 is 0 Å². The summed E-state index contributed by atoms with van der Waals surface area (Å²) in [5, 5.41) is 5.86. The number of aromatic nitrogens is 4. The Morgan fingerprint density at radius 3 is 3.00 bits per heavy atom. The lowest BCUT2D eigenvalue weighted by atomic mass is 10.0. The molecule has 1 aliphatic rings. The topological polar surface area (TPSA) is 40.1 Å². The van der Waals surface area contributed by atoms with E-state index in [-0.39, 0.29) is 0 Å². The Morgan fingerprint density at radius 2 is 2.15 bits per heavy atom. The standard InChI is InChI=1S/C20H27N5S2/c1-2-3-7-12-23-14-21-25(20(23)26)15-24-13-8-6-10-17(24)19-22-16-9-4-5-11-18(16)27-19/h4-5,9,11,14,17H,2-3,6-8,10,12-13,15H2,1H3/p+1/t17-/m0/s1. The van der Waals surface area contributed by atoms with Gasteiger partial charge in [0.25, 0.3) is 0 Å². The van der Waals surface area contributed by atoms with E-state index in [2.05, 4.69) is 40.9 Å². The second kappa shape index (κ2) is 8.63. The summed E-state index contributed by atoms with van der Waals surface area (Å²) < 4.78 is 6.28. The number of rotatable bonds is 7. The molecule has 1 fully saturated rings. The van der Waals surface area contributed by atoms with E-state index in [9.17, 15) is 0 Å². The summed E-state index contributed by atoms with van der Waals surface area (Å²) in [5.74, 6) is 0. The first-order valence-electron chi connectivity index (χ1n) is 10.1. The zero-order valence-electron chi connectivity index (χ0n) is 15.9. The lowest BCUT2D eigenvalue weighted by Crippen LogP contribution is -3.12. The molecule has 1 saturated heterocycles. The number of thiazole rings is 1. The lowest BCUT2D eigenvalue weighted by molar-refractivity contribution is -0.959. The number of aryl methyl sites for hydroxylation is 1. The third-order valence-electron chi connectivity index (χ3n) is 5.49. The number of hydrogen-bond donors (Lipinski definition) is 1. The fourth-order valence-corrected chi connectivity index (χ4v) is 5.37. The van der Waals surface area contributed by atoms with Gasteiger partial charge in [0, 0.05) is 13.0 Å². The molecule has 0 bridgehead atoms. The Bertz CT molecular complexity index is 908. The van der Waals surface area contributed by atoms with Gasteiger partial charge in [0.1, 0.15) is 12.4 Å². The van der Waals surface area contributed by atoms with E-state index in [4.69, 9.17) is 17.2 Å². The molecule has 3 aromatic rings. The molecule has 0 saturated carbocycles. The van der Waals surface area contributed by atoms with Crippen LogP contribution in [-0.4, -0.2) is 25.9 Å². The van der Waals surface area contributed by atoms with Crippen LogP contribution in [0.15, 0.2) is 30.6 Å². The van der Waals surface area contributed by atoms with Gasteiger partial charge in [-0.2, -0.15) is 9.78 Å². The molecule has 4 rings (SSSR count). The zero-order chi connectivity index (χ0) is 18.6. The molecule has 1 aliphatic heterocycles. The van der Waals surface area contributed by atoms with E-state index in [1.165, 1.54) is 53.1 Å². The highest BCUT2D eigenvalue weighted by atomic mass is 32.1. The third-order valence-corrected chi connectivity index (χ3v) is 7.09. The number of nitrogens with one attached hydrogen (secondary N) is 1. The summed E-state index contributed by atoms with van der Waals surface area (Å²) in [5.41, 5.74) is 1.12. The number of piperidine rings is 1. The molecule has 0 aliphatic carbocycles. The van der Waals surface area contributed by atoms with Gasteiger partial charge in [-0.05, 0) is 43.6 Å². The van der Waals surface area contributed by atoms with Gasteiger partial charge < -0.3 is 9.47 Å². The Labute approximate surface area is 169 Å². The minimum absolute atomic E-state index is 0.447. The molecule has 1 aromatic carbocycles. The first-order valence-corrected chi connectivity index (χ1v) is 11.3. The van der Waals surface area contributed by atoms with Crippen LogP contribution >= 0.6 is 23.6 Å². The largest absolute Gasteiger partial charge is 0.308 e. The predicted molar refractivity (Wildman–Crippen MR) is 113 cm³/mol. The number of unbranched alkanes of at least 4 members (excludes halogenated alkanes) is 2. The third kappa shape index (κ3) is 4.15. The molecule has 2 aromatic heterocycles. The van der Waals surface area contributed by atoms with E-state index in [0.717, 1.165) is 30.0 Å². The smallest absolute Gasteiger partial charge is 0.202 e. The first kappa shape index (κ1) is 18.8. The zero-order valence-corrected chi connectivity index (χ0v) is 17.6. The summed E-state index contributed by atoms with van der Waals surface area (Å²) in [6, 6.07) is 8.91. The van der Waals surface area contributed by atoms with Crippen LogP contribution in [0, 0.1) is 4.77 Å². The molecule has 27 heavy (non-hydrogen) atoms. The maximum atomic E-state index is 5.69. The predicted octanol–water partition coefficient (Wildman–Crippen LogP) is 3.98. The lowest BCUT2D eigenvalue weighted by Gasteiger charge is -2.30. The van der Waals surface area contributed by atoms with Crippen molar-refractivity contribution < 1.29 is 4.90 Å². The van der Waals surface area contributed by atoms with Crippen molar-refractivity contribution in [2.45, 2.75) is 64.7 Å². The van der Waals surface area contributed by atoms with Crippen LogP contribution in [-0.2, 0) is 13.2 Å². The highest BCUT2D eigenvalue weighted by Crippen LogP contribution is 2.28. The van der Waals surface area contributed by atoms with E-state index in [0.29, 0.717) is 6.04 Å². The highest BCUT2D eigenvalue weighted by molar-refractivity contribution is 7.71. The molecule has 5 nitrogen and oxygen atoms in total. The monoisotopic (exact) mass is 402 g/mol. The molecule has 1 unspecified atom stereocenters. The van der Waals surface area contributed by atoms with Gasteiger partial charge in [0.15, 0.2) is 11.7 Å². The van der Waals surface area contributed by atoms with Crippen molar-refractivity contribution in [2.24, 2.45) is 0 Å². The van der Waals surface area contributed by atoms with Crippen LogP contribution in [0.3, 0.4) is 0 Å². The first-order chi connectivity index (χ1) is 13.3. The van der Waals surface area contributed by atoms with E-state index in [1.807, 2.05) is 22.3 Å². The molecule has 1 N–H and O–H groups in total. The quantitative estimate of drug-likeness (QED) is 0.480. The number of fused-ring (bicyclic) bond motifs is 1. The van der Waals surface area contributed by atoms with Gasteiger partial charge in [0.05, 0.1) is 16.8 Å². The average Bonchev–Trinajstić information content (AvgIpc) is 3.27. The number of benzene rings is 1. The maximum Gasteiger partial charge on any atom is 0.202 e. The van der Waals surface area contributed by atoms with E-state index < -0.39 is 0 Å². The molecule has 144 valence electrons. The van der Waals surface area contributed by atoms with Crippen LogP contribution in [0.25, 0.3) is 10.2 Å². The minimum Gasteiger partial charge on any atom is -0.308 e. The van der Waals surface area contributed by atoms with Crippen LogP contribution < -0.4 is 4.90 Å². The van der Waals surface area contributed by atoms with Gasteiger partial charge >= 0.3 is 0 Å². The van der Waals surface area contributed by atoms with Gasteiger partial charge in [-0.1, -0.05) is 31.9 Å². The van der Waals surface area contributed by atoms with Crippen LogP contribution in [0.4, 0.5) is 0 Å². The summed E-state index contributed by atoms with van der Waals surface area (Å²) in [7, 11) is 0. The highest BCUT2D eigenvalue weighted by Gasteiger charge is 2.31. The van der Waals surface area contributed by atoms with Gasteiger partial charge in [-0.25, -0.2) is 4.98 Å². The summed E-state index contributed by atoms with van der Waals surface area (Å²) >= 11 is 7.54. The van der Waals surface area contributed by atoms with Crippen molar-refractivity contribution in [3.8, 4) is 0 Å². The van der Waals surface area contributed by atoms with Crippen molar-refractivity contribution >= 4 is 33.8 Å². The molecule has 0 amide bonds. The summed E-state index contributed by atoms with van der Waals surface area (Å²) in [6.45, 7) is 5.19. The fourth-order valence-electron chi connectivity index (χ4n) is 3.96. The number of para-hydroxylation sites is 1.